The maximum atomic E-state index is 13.1. The second-order valence-corrected chi connectivity index (χ2v) is 6.80. The molecule has 2 aromatic rings. The number of rotatable bonds is 5. The molecule has 0 saturated carbocycles. The minimum absolute atomic E-state index is 0.0891. The number of nitrogens with zero attached hydrogens (tertiary/aromatic N) is 1. The minimum atomic E-state index is -2.97. The van der Waals surface area contributed by atoms with Crippen molar-refractivity contribution in [3.05, 3.63) is 47.5 Å². The van der Waals surface area contributed by atoms with Crippen molar-refractivity contribution in [1.29, 1.82) is 0 Å². The second-order valence-electron chi connectivity index (χ2n) is 6.80. The van der Waals surface area contributed by atoms with Gasteiger partial charge >= 0.3 is 6.61 Å². The van der Waals surface area contributed by atoms with E-state index in [0.717, 1.165) is 18.4 Å². The first-order valence-corrected chi connectivity index (χ1v) is 9.40. The third-order valence-electron chi connectivity index (χ3n) is 5.09. The summed E-state index contributed by atoms with van der Waals surface area (Å²) in [5.74, 6) is 1.18. The zero-order chi connectivity index (χ0) is 20.4. The standard InChI is InChI=1S/C21H21F2NO5/c1-26-18-12-14(5-7-17(18)29-21(22)23)20(25)24-8-2-3-15(24)13-4-6-16-19(11-13)28-10-9-27-16/h4-7,11-12,15,21H,2-3,8-10H2,1H3. The van der Waals surface area contributed by atoms with Gasteiger partial charge in [0.2, 0.25) is 0 Å². The van der Waals surface area contributed by atoms with Crippen molar-refractivity contribution < 1.29 is 32.5 Å². The summed E-state index contributed by atoms with van der Waals surface area (Å²) in [5.41, 5.74) is 1.33. The van der Waals surface area contributed by atoms with Crippen LogP contribution in [0.15, 0.2) is 36.4 Å². The number of fused-ring (bicyclic) bond motifs is 1. The van der Waals surface area contributed by atoms with Gasteiger partial charge in [-0.2, -0.15) is 8.78 Å². The van der Waals surface area contributed by atoms with Crippen LogP contribution < -0.4 is 18.9 Å². The van der Waals surface area contributed by atoms with E-state index >= 15 is 0 Å². The van der Waals surface area contributed by atoms with Gasteiger partial charge in [0, 0.05) is 12.1 Å². The molecule has 1 atom stereocenters. The Morgan fingerprint density at radius 2 is 1.90 bits per heavy atom. The highest BCUT2D eigenvalue weighted by molar-refractivity contribution is 5.95. The van der Waals surface area contributed by atoms with E-state index in [1.165, 1.54) is 25.3 Å². The van der Waals surface area contributed by atoms with Gasteiger partial charge in [-0.1, -0.05) is 6.07 Å². The number of halogens is 2. The SMILES string of the molecule is COc1cc(C(=O)N2CCCC2c2ccc3c(c2)OCCO3)ccc1OC(F)F. The Morgan fingerprint density at radius 1 is 1.10 bits per heavy atom. The van der Waals surface area contributed by atoms with Gasteiger partial charge < -0.3 is 23.8 Å². The fourth-order valence-electron chi connectivity index (χ4n) is 3.78. The number of hydrogen-bond acceptors (Lipinski definition) is 5. The number of methoxy groups -OCH3 is 1. The average molecular weight is 405 g/mol. The topological polar surface area (TPSA) is 57.2 Å². The molecule has 0 N–H and O–H groups in total. The fourth-order valence-corrected chi connectivity index (χ4v) is 3.78. The predicted molar refractivity (Wildman–Crippen MR) is 100 cm³/mol. The quantitative estimate of drug-likeness (QED) is 0.751. The predicted octanol–water partition coefficient (Wildman–Crippen LogP) is 4.05. The lowest BCUT2D eigenvalue weighted by molar-refractivity contribution is -0.0512. The Bertz CT molecular complexity index is 905. The lowest BCUT2D eigenvalue weighted by Gasteiger charge is -2.27. The van der Waals surface area contributed by atoms with Crippen LogP contribution in [0.1, 0.15) is 34.8 Å². The Labute approximate surface area is 166 Å². The van der Waals surface area contributed by atoms with Gasteiger partial charge in [0.15, 0.2) is 23.0 Å². The number of alkyl halides is 2. The molecule has 4 rings (SSSR count). The Balaban J connectivity index is 1.58. The molecule has 29 heavy (non-hydrogen) atoms. The molecule has 1 unspecified atom stereocenters. The van der Waals surface area contributed by atoms with Gasteiger partial charge in [-0.3, -0.25) is 4.79 Å². The first kappa shape index (κ1) is 19.3. The molecule has 0 bridgehead atoms. The number of amides is 1. The summed E-state index contributed by atoms with van der Waals surface area (Å²) < 4.78 is 45.8. The van der Waals surface area contributed by atoms with Gasteiger partial charge in [0.1, 0.15) is 13.2 Å². The molecule has 2 aromatic carbocycles. The molecule has 2 heterocycles. The monoisotopic (exact) mass is 405 g/mol. The molecule has 0 radical (unpaired) electrons. The highest BCUT2D eigenvalue weighted by Crippen LogP contribution is 2.39. The first-order chi connectivity index (χ1) is 14.1. The molecule has 1 amide bonds. The molecule has 0 spiro atoms. The van der Waals surface area contributed by atoms with Crippen LogP contribution in [0.3, 0.4) is 0 Å². The van der Waals surface area contributed by atoms with Crippen LogP contribution in [0.25, 0.3) is 0 Å². The third-order valence-corrected chi connectivity index (χ3v) is 5.09. The number of ether oxygens (including phenoxy) is 4. The maximum Gasteiger partial charge on any atom is 0.387 e. The van der Waals surface area contributed by atoms with Gasteiger partial charge in [-0.25, -0.2) is 0 Å². The van der Waals surface area contributed by atoms with Crippen molar-refractivity contribution >= 4 is 5.91 Å². The highest BCUT2D eigenvalue weighted by Gasteiger charge is 2.32. The van der Waals surface area contributed by atoms with Crippen LogP contribution in [-0.4, -0.2) is 44.3 Å². The molecule has 2 aliphatic heterocycles. The molecule has 0 aliphatic carbocycles. The summed E-state index contributed by atoms with van der Waals surface area (Å²) in [6.45, 7) is -1.34. The van der Waals surface area contributed by atoms with E-state index in [-0.39, 0.29) is 23.4 Å². The summed E-state index contributed by atoms with van der Waals surface area (Å²) in [6.07, 6.45) is 1.70. The third kappa shape index (κ3) is 3.92. The molecule has 0 aromatic heterocycles. The summed E-state index contributed by atoms with van der Waals surface area (Å²) in [6, 6.07) is 9.87. The number of likely N-dealkylation sites (tertiary alicyclic amines) is 1. The van der Waals surface area contributed by atoms with Gasteiger partial charge in [-0.05, 0) is 48.7 Å². The maximum absolute atomic E-state index is 13.1. The van der Waals surface area contributed by atoms with E-state index in [0.29, 0.717) is 36.8 Å². The van der Waals surface area contributed by atoms with E-state index in [1.807, 2.05) is 18.2 Å². The Kier molecular flexibility index (Phi) is 5.42. The van der Waals surface area contributed by atoms with Crippen LogP contribution in [0.2, 0.25) is 0 Å². The van der Waals surface area contributed by atoms with Crippen molar-refractivity contribution in [2.24, 2.45) is 0 Å². The normalized spacial score (nSPS) is 18.1. The summed E-state index contributed by atoms with van der Waals surface area (Å²) >= 11 is 0. The average Bonchev–Trinajstić information content (AvgIpc) is 3.22. The zero-order valence-electron chi connectivity index (χ0n) is 15.9. The highest BCUT2D eigenvalue weighted by atomic mass is 19.3. The lowest BCUT2D eigenvalue weighted by atomic mass is 10.0. The smallest absolute Gasteiger partial charge is 0.387 e. The summed E-state index contributed by atoms with van der Waals surface area (Å²) in [5, 5.41) is 0. The second kappa shape index (κ2) is 8.14. The number of hydrogen-bond donors (Lipinski definition) is 0. The molecule has 2 aliphatic rings. The van der Waals surface area contributed by atoms with Crippen molar-refractivity contribution in [3.63, 3.8) is 0 Å². The van der Waals surface area contributed by atoms with Gasteiger partial charge in [0.25, 0.3) is 5.91 Å². The molecule has 1 saturated heterocycles. The van der Waals surface area contributed by atoms with E-state index < -0.39 is 6.61 Å². The molecule has 154 valence electrons. The lowest BCUT2D eigenvalue weighted by Crippen LogP contribution is -2.30. The van der Waals surface area contributed by atoms with Gasteiger partial charge in [0.05, 0.1) is 13.2 Å². The van der Waals surface area contributed by atoms with E-state index in [9.17, 15) is 13.6 Å². The van der Waals surface area contributed by atoms with Crippen molar-refractivity contribution in [2.45, 2.75) is 25.5 Å². The number of carbonyl (C=O) groups is 1. The van der Waals surface area contributed by atoms with Crippen molar-refractivity contribution in [3.8, 4) is 23.0 Å². The zero-order valence-corrected chi connectivity index (χ0v) is 15.9. The van der Waals surface area contributed by atoms with E-state index in [2.05, 4.69) is 4.74 Å². The summed E-state index contributed by atoms with van der Waals surface area (Å²) in [4.78, 5) is 14.9. The minimum Gasteiger partial charge on any atom is -0.493 e. The van der Waals surface area contributed by atoms with Gasteiger partial charge in [-0.15, -0.1) is 0 Å². The van der Waals surface area contributed by atoms with Crippen LogP contribution >= 0.6 is 0 Å². The molecule has 8 heteroatoms. The largest absolute Gasteiger partial charge is 0.493 e. The first-order valence-electron chi connectivity index (χ1n) is 9.40. The van der Waals surface area contributed by atoms with Crippen LogP contribution in [0, 0.1) is 0 Å². The van der Waals surface area contributed by atoms with Crippen LogP contribution in [0.5, 0.6) is 23.0 Å². The Hall–Kier alpha value is -3.03. The number of benzene rings is 2. The van der Waals surface area contributed by atoms with E-state index in [4.69, 9.17) is 14.2 Å². The molecule has 6 nitrogen and oxygen atoms in total. The molecular weight excluding hydrogens is 384 g/mol. The number of carbonyl (C=O) groups excluding carboxylic acids is 1. The molecular formula is C21H21F2NO5. The summed E-state index contributed by atoms with van der Waals surface area (Å²) in [7, 11) is 1.34. The van der Waals surface area contributed by atoms with Crippen molar-refractivity contribution in [2.75, 3.05) is 26.9 Å². The van der Waals surface area contributed by atoms with Crippen molar-refractivity contribution in [1.82, 2.24) is 4.90 Å². The van der Waals surface area contributed by atoms with Crippen LogP contribution in [-0.2, 0) is 0 Å². The molecule has 1 fully saturated rings. The Morgan fingerprint density at radius 3 is 2.66 bits per heavy atom. The van der Waals surface area contributed by atoms with Crippen LogP contribution in [0.4, 0.5) is 8.78 Å². The van der Waals surface area contributed by atoms with E-state index in [1.54, 1.807) is 4.90 Å². The fraction of sp³-hybridized carbons (Fsp3) is 0.381.